The predicted molar refractivity (Wildman–Crippen MR) is 39.0 cm³/mol. The monoisotopic (exact) mass is 162 g/mol. The third-order valence-electron chi connectivity index (χ3n) is 1.39. The number of hydrogen-bond acceptors (Lipinski definition) is 4. The van der Waals surface area contributed by atoms with Gasteiger partial charge in [0.1, 0.15) is 11.9 Å². The van der Waals surface area contributed by atoms with Crippen molar-refractivity contribution >= 4 is 5.78 Å². The van der Waals surface area contributed by atoms with Crippen molar-refractivity contribution in [2.45, 2.75) is 38.6 Å². The zero-order valence-corrected chi connectivity index (χ0v) is 6.69. The Labute approximate surface area is 65.5 Å². The number of rotatable bonds is 4. The molecule has 0 amide bonds. The van der Waals surface area contributed by atoms with Crippen LogP contribution in [0, 0.1) is 0 Å². The van der Waals surface area contributed by atoms with Gasteiger partial charge < -0.3 is 15.3 Å². The van der Waals surface area contributed by atoms with Gasteiger partial charge >= 0.3 is 0 Å². The fourth-order valence-electron chi connectivity index (χ4n) is 0.737. The molecule has 0 aromatic rings. The lowest BCUT2D eigenvalue weighted by atomic mass is 10.0. The van der Waals surface area contributed by atoms with Crippen molar-refractivity contribution in [1.82, 2.24) is 0 Å². The predicted octanol–water partition coefficient (Wildman–Crippen LogP) is -0.932. The van der Waals surface area contributed by atoms with Gasteiger partial charge in [0.15, 0.2) is 0 Å². The number of carbonyl (C=O) groups is 1. The summed E-state index contributed by atoms with van der Waals surface area (Å²) in [6.07, 6.45) is -3.53. The van der Waals surface area contributed by atoms with Crippen LogP contribution in [0.4, 0.5) is 0 Å². The zero-order valence-electron chi connectivity index (χ0n) is 6.69. The lowest BCUT2D eigenvalue weighted by molar-refractivity contribution is -0.122. The SMILES string of the molecule is CC(=O)C[C@H](O)[C@H](O)[C@@H](C)O. The zero-order chi connectivity index (χ0) is 9.02. The average molecular weight is 162 g/mol. The first-order valence-electron chi connectivity index (χ1n) is 3.48. The lowest BCUT2D eigenvalue weighted by Gasteiger charge is -2.18. The van der Waals surface area contributed by atoms with Crippen LogP contribution in [-0.2, 0) is 4.79 Å². The van der Waals surface area contributed by atoms with E-state index in [0.29, 0.717) is 0 Å². The molecule has 0 aromatic heterocycles. The van der Waals surface area contributed by atoms with E-state index in [1.165, 1.54) is 13.8 Å². The highest BCUT2D eigenvalue weighted by Gasteiger charge is 2.21. The molecule has 0 heterocycles. The number of carbonyl (C=O) groups excluding carboxylic acids is 1. The van der Waals surface area contributed by atoms with E-state index < -0.39 is 18.3 Å². The molecular weight excluding hydrogens is 148 g/mol. The van der Waals surface area contributed by atoms with E-state index in [9.17, 15) is 4.79 Å². The first kappa shape index (κ1) is 10.6. The maximum Gasteiger partial charge on any atom is 0.132 e. The smallest absolute Gasteiger partial charge is 0.132 e. The highest BCUT2D eigenvalue weighted by molar-refractivity contribution is 5.76. The average Bonchev–Trinajstić information content (AvgIpc) is 1.84. The van der Waals surface area contributed by atoms with Crippen molar-refractivity contribution < 1.29 is 20.1 Å². The van der Waals surface area contributed by atoms with Gasteiger partial charge in [0.25, 0.3) is 0 Å². The molecule has 0 bridgehead atoms. The van der Waals surface area contributed by atoms with Crippen LogP contribution in [-0.4, -0.2) is 39.4 Å². The molecule has 66 valence electrons. The van der Waals surface area contributed by atoms with Gasteiger partial charge in [-0.1, -0.05) is 0 Å². The van der Waals surface area contributed by atoms with Crippen LogP contribution in [0.3, 0.4) is 0 Å². The highest BCUT2D eigenvalue weighted by atomic mass is 16.4. The summed E-state index contributed by atoms with van der Waals surface area (Å²) in [7, 11) is 0. The largest absolute Gasteiger partial charge is 0.391 e. The second-order valence-electron chi connectivity index (χ2n) is 2.70. The van der Waals surface area contributed by atoms with Gasteiger partial charge in [-0.25, -0.2) is 0 Å². The van der Waals surface area contributed by atoms with Crippen LogP contribution in [0.25, 0.3) is 0 Å². The molecule has 0 saturated heterocycles. The molecule has 0 spiro atoms. The first-order valence-corrected chi connectivity index (χ1v) is 3.48. The molecule has 0 fully saturated rings. The molecule has 0 aliphatic heterocycles. The topological polar surface area (TPSA) is 77.8 Å². The van der Waals surface area contributed by atoms with Gasteiger partial charge in [-0.3, -0.25) is 4.79 Å². The number of hydrogen-bond donors (Lipinski definition) is 3. The van der Waals surface area contributed by atoms with Crippen LogP contribution >= 0.6 is 0 Å². The minimum Gasteiger partial charge on any atom is -0.391 e. The van der Waals surface area contributed by atoms with Gasteiger partial charge in [-0.05, 0) is 13.8 Å². The maximum absolute atomic E-state index is 10.4. The van der Waals surface area contributed by atoms with Crippen molar-refractivity contribution in [3.63, 3.8) is 0 Å². The van der Waals surface area contributed by atoms with E-state index in [1.807, 2.05) is 0 Å². The molecule has 0 rings (SSSR count). The Bertz CT molecular complexity index is 132. The molecular formula is C7H14O4. The summed E-state index contributed by atoms with van der Waals surface area (Å²) in [4.78, 5) is 10.4. The molecule has 3 N–H and O–H groups in total. The third kappa shape index (κ3) is 4.08. The van der Waals surface area contributed by atoms with E-state index in [2.05, 4.69) is 0 Å². The van der Waals surface area contributed by atoms with Gasteiger partial charge in [0.2, 0.25) is 0 Å². The quantitative estimate of drug-likeness (QED) is 0.499. The molecule has 0 radical (unpaired) electrons. The van der Waals surface area contributed by atoms with E-state index in [-0.39, 0.29) is 12.2 Å². The molecule has 0 aromatic carbocycles. The summed E-state index contributed by atoms with van der Waals surface area (Å²) in [6, 6.07) is 0. The van der Waals surface area contributed by atoms with E-state index >= 15 is 0 Å². The minimum atomic E-state index is -1.24. The van der Waals surface area contributed by atoms with Crippen LogP contribution in [0.15, 0.2) is 0 Å². The molecule has 0 unspecified atom stereocenters. The Kier molecular flexibility index (Phi) is 4.25. The maximum atomic E-state index is 10.4. The molecule has 0 aliphatic rings. The van der Waals surface area contributed by atoms with Crippen molar-refractivity contribution in [2.75, 3.05) is 0 Å². The number of aliphatic hydroxyl groups excluding tert-OH is 3. The minimum absolute atomic E-state index is 0.119. The van der Waals surface area contributed by atoms with Crippen LogP contribution in [0.1, 0.15) is 20.3 Å². The van der Waals surface area contributed by atoms with E-state index in [4.69, 9.17) is 15.3 Å². The summed E-state index contributed by atoms with van der Waals surface area (Å²) < 4.78 is 0. The Morgan fingerprint density at radius 3 is 2.09 bits per heavy atom. The van der Waals surface area contributed by atoms with Gasteiger partial charge in [-0.2, -0.15) is 0 Å². The normalized spacial score (nSPS) is 19.0. The molecule has 11 heavy (non-hydrogen) atoms. The first-order chi connectivity index (χ1) is 4.95. The summed E-state index contributed by atoms with van der Waals surface area (Å²) in [5.74, 6) is -0.211. The number of ketones is 1. The third-order valence-corrected chi connectivity index (χ3v) is 1.39. The number of Topliss-reactive ketones (excluding diaryl/α,β-unsaturated/α-hetero) is 1. The molecule has 3 atom stereocenters. The Morgan fingerprint density at radius 2 is 1.82 bits per heavy atom. The Hall–Kier alpha value is -0.450. The van der Waals surface area contributed by atoms with Crippen molar-refractivity contribution in [2.24, 2.45) is 0 Å². The highest BCUT2D eigenvalue weighted by Crippen LogP contribution is 2.03. The lowest BCUT2D eigenvalue weighted by Crippen LogP contribution is -2.36. The van der Waals surface area contributed by atoms with Gasteiger partial charge in [-0.15, -0.1) is 0 Å². The summed E-state index contributed by atoms with van der Waals surface area (Å²) in [5, 5.41) is 26.8. The van der Waals surface area contributed by atoms with E-state index in [0.717, 1.165) is 0 Å². The van der Waals surface area contributed by atoms with Crippen molar-refractivity contribution in [3.05, 3.63) is 0 Å². The Morgan fingerprint density at radius 1 is 1.36 bits per heavy atom. The van der Waals surface area contributed by atoms with Crippen LogP contribution in [0.2, 0.25) is 0 Å². The fraction of sp³-hybridized carbons (Fsp3) is 0.857. The second kappa shape index (κ2) is 4.43. The molecule has 4 heteroatoms. The van der Waals surface area contributed by atoms with Crippen molar-refractivity contribution in [1.29, 1.82) is 0 Å². The second-order valence-corrected chi connectivity index (χ2v) is 2.70. The Balaban J connectivity index is 3.82. The summed E-state index contributed by atoms with van der Waals surface area (Å²) in [6.45, 7) is 2.67. The van der Waals surface area contributed by atoms with E-state index in [1.54, 1.807) is 0 Å². The van der Waals surface area contributed by atoms with Gasteiger partial charge in [0.05, 0.1) is 12.2 Å². The standard InChI is InChI=1S/C7H14O4/c1-4(8)3-6(10)7(11)5(2)9/h5-7,9-11H,3H2,1-2H3/t5-,6+,7-/m1/s1. The number of aliphatic hydroxyl groups is 3. The van der Waals surface area contributed by atoms with Crippen molar-refractivity contribution in [3.8, 4) is 0 Å². The molecule has 0 saturated carbocycles. The summed E-state index contributed by atoms with van der Waals surface area (Å²) in [5.41, 5.74) is 0. The van der Waals surface area contributed by atoms with Crippen LogP contribution in [0.5, 0.6) is 0 Å². The summed E-state index contributed by atoms with van der Waals surface area (Å²) >= 11 is 0. The van der Waals surface area contributed by atoms with Crippen LogP contribution < -0.4 is 0 Å². The molecule has 4 nitrogen and oxygen atoms in total. The molecule has 0 aliphatic carbocycles. The fourth-order valence-corrected chi connectivity index (χ4v) is 0.737. The van der Waals surface area contributed by atoms with Gasteiger partial charge in [0, 0.05) is 6.42 Å².